The summed E-state index contributed by atoms with van der Waals surface area (Å²) < 4.78 is 13.0. The number of benzene rings is 3. The highest BCUT2D eigenvalue weighted by Gasteiger charge is 2.52. The van der Waals surface area contributed by atoms with Crippen LogP contribution in [-0.2, 0) is 0 Å². The second kappa shape index (κ2) is 8.55. The Morgan fingerprint density at radius 3 is 1.83 bits per heavy atom. The second-order valence-corrected chi connectivity index (χ2v) is 13.0. The fourth-order valence-corrected chi connectivity index (χ4v) is 8.85. The van der Waals surface area contributed by atoms with E-state index >= 15 is 0 Å². The van der Waals surface area contributed by atoms with Crippen molar-refractivity contribution in [2.45, 2.75) is 25.8 Å². The van der Waals surface area contributed by atoms with Gasteiger partial charge in [0.2, 0.25) is 0 Å². The molecule has 3 rings (SSSR count). The first-order valence-electron chi connectivity index (χ1n) is 9.46. The highest BCUT2D eigenvalue weighted by atomic mass is 79.9. The molecule has 0 bridgehead atoms. The van der Waals surface area contributed by atoms with Crippen molar-refractivity contribution in [3.8, 4) is 11.5 Å². The van der Waals surface area contributed by atoms with Crippen molar-refractivity contribution in [3.05, 3.63) is 82.8 Å². The molecule has 0 spiro atoms. The Morgan fingerprint density at radius 2 is 1.41 bits per heavy atom. The Balaban J connectivity index is 2.32. The smallest absolute Gasteiger partial charge is 0.320 e. The van der Waals surface area contributed by atoms with Crippen LogP contribution in [0, 0.1) is 0 Å². The van der Waals surface area contributed by atoms with Crippen molar-refractivity contribution in [1.29, 1.82) is 0 Å². The maximum absolute atomic E-state index is 11.9. The van der Waals surface area contributed by atoms with E-state index < -0.39 is 8.32 Å². The van der Waals surface area contributed by atoms with E-state index in [0.717, 1.165) is 16.7 Å². The first kappa shape index (κ1) is 21.3. The van der Waals surface area contributed by atoms with Gasteiger partial charge in [0.15, 0.2) is 6.29 Å². The lowest BCUT2D eigenvalue weighted by molar-refractivity contribution is 0.112. The average Bonchev–Trinajstić information content (AvgIpc) is 2.72. The van der Waals surface area contributed by atoms with Gasteiger partial charge in [-0.2, -0.15) is 0 Å². The Hall–Kier alpha value is -2.37. The molecule has 0 unspecified atom stereocenters. The predicted octanol–water partition coefficient (Wildman–Crippen LogP) is 5.21. The van der Waals surface area contributed by atoms with Crippen molar-refractivity contribution < 1.29 is 14.0 Å². The first-order chi connectivity index (χ1) is 13.8. The molecule has 29 heavy (non-hydrogen) atoms. The molecule has 0 saturated heterocycles. The molecule has 0 fully saturated rings. The molecule has 5 heteroatoms. The molecule has 0 radical (unpaired) electrons. The SMILES string of the molecule is COc1cc(Br)c(O[Si](c2ccccc2)(c2ccccc2)C(C)(C)C)c(C=O)c1. The van der Waals surface area contributed by atoms with Crippen LogP contribution >= 0.6 is 15.9 Å². The lowest BCUT2D eigenvalue weighted by Crippen LogP contribution is -2.69. The number of hydrogen-bond donors (Lipinski definition) is 0. The Morgan fingerprint density at radius 1 is 0.897 bits per heavy atom. The molecule has 0 aliphatic rings. The van der Waals surface area contributed by atoms with E-state index in [2.05, 4.69) is 61.0 Å². The Bertz CT molecular complexity index is 943. The summed E-state index contributed by atoms with van der Waals surface area (Å²) in [6, 6.07) is 24.2. The third-order valence-electron chi connectivity index (χ3n) is 5.08. The minimum atomic E-state index is -2.83. The molecule has 0 saturated carbocycles. The molecule has 0 aliphatic heterocycles. The lowest BCUT2D eigenvalue weighted by atomic mass is 10.2. The summed E-state index contributed by atoms with van der Waals surface area (Å²) in [5, 5.41) is 2.10. The van der Waals surface area contributed by atoms with Crippen molar-refractivity contribution >= 4 is 40.9 Å². The van der Waals surface area contributed by atoms with Gasteiger partial charge in [-0.25, -0.2) is 0 Å². The number of methoxy groups -OCH3 is 1. The zero-order valence-electron chi connectivity index (χ0n) is 17.1. The first-order valence-corrected chi connectivity index (χ1v) is 12.2. The third-order valence-corrected chi connectivity index (χ3v) is 10.6. The Kier molecular flexibility index (Phi) is 6.29. The van der Waals surface area contributed by atoms with Crippen LogP contribution in [0.5, 0.6) is 11.5 Å². The molecule has 3 aromatic rings. The molecule has 0 atom stereocenters. The van der Waals surface area contributed by atoms with E-state index in [9.17, 15) is 4.79 Å². The second-order valence-electron chi connectivity index (χ2n) is 7.91. The van der Waals surface area contributed by atoms with Crippen LogP contribution in [0.1, 0.15) is 31.1 Å². The van der Waals surface area contributed by atoms with Crippen LogP contribution in [0.15, 0.2) is 77.3 Å². The van der Waals surface area contributed by atoms with E-state index in [4.69, 9.17) is 9.16 Å². The minimum absolute atomic E-state index is 0.199. The molecule has 0 amide bonds. The molecule has 0 aliphatic carbocycles. The maximum atomic E-state index is 11.9. The molecule has 0 N–H and O–H groups in total. The van der Waals surface area contributed by atoms with Crippen molar-refractivity contribution in [2.24, 2.45) is 0 Å². The van der Waals surface area contributed by atoms with Crippen LogP contribution in [0.2, 0.25) is 5.04 Å². The molecule has 3 aromatic carbocycles. The van der Waals surface area contributed by atoms with Crippen LogP contribution in [-0.4, -0.2) is 21.7 Å². The van der Waals surface area contributed by atoms with Gasteiger partial charge in [-0.15, -0.1) is 0 Å². The summed E-state index contributed by atoms with van der Waals surface area (Å²) in [5.41, 5.74) is 0.462. The van der Waals surface area contributed by atoms with Crippen molar-refractivity contribution in [1.82, 2.24) is 0 Å². The zero-order valence-corrected chi connectivity index (χ0v) is 19.7. The number of halogens is 1. The van der Waals surface area contributed by atoms with Gasteiger partial charge in [0.25, 0.3) is 0 Å². The van der Waals surface area contributed by atoms with E-state index in [1.165, 1.54) is 0 Å². The van der Waals surface area contributed by atoms with Gasteiger partial charge in [-0.3, -0.25) is 4.79 Å². The number of hydrogen-bond acceptors (Lipinski definition) is 3. The quantitative estimate of drug-likeness (QED) is 0.367. The van der Waals surface area contributed by atoms with Crippen LogP contribution in [0.3, 0.4) is 0 Å². The molecular formula is C24H25BrO3Si. The highest BCUT2D eigenvalue weighted by molar-refractivity contribution is 9.10. The number of ether oxygens (including phenoxy) is 1. The van der Waals surface area contributed by atoms with Crippen molar-refractivity contribution in [2.75, 3.05) is 7.11 Å². The topological polar surface area (TPSA) is 35.5 Å². The monoisotopic (exact) mass is 468 g/mol. The minimum Gasteiger partial charge on any atom is -0.533 e. The third kappa shape index (κ3) is 4.02. The number of carbonyl (C=O) groups is 1. The standard InChI is InChI=1S/C24H25BrO3Si/c1-24(2,3)29(20-11-7-5-8-12-20,21-13-9-6-10-14-21)28-23-18(17-26)15-19(27-4)16-22(23)25/h5-17H,1-4H3. The maximum Gasteiger partial charge on any atom is 0.320 e. The predicted molar refractivity (Wildman–Crippen MR) is 124 cm³/mol. The molecule has 150 valence electrons. The number of aldehydes is 1. The lowest BCUT2D eigenvalue weighted by Gasteiger charge is -2.43. The number of carbonyl (C=O) groups excluding carboxylic acids is 1. The summed E-state index contributed by atoms with van der Waals surface area (Å²) in [7, 11) is -1.24. The average molecular weight is 469 g/mol. The van der Waals surface area contributed by atoms with Gasteiger partial charge < -0.3 is 9.16 Å². The Labute approximate surface area is 181 Å². The van der Waals surface area contributed by atoms with Crippen molar-refractivity contribution in [3.63, 3.8) is 0 Å². The molecule has 3 nitrogen and oxygen atoms in total. The van der Waals surface area contributed by atoms with E-state index in [-0.39, 0.29) is 5.04 Å². The van der Waals surface area contributed by atoms with Crippen LogP contribution < -0.4 is 19.5 Å². The summed E-state index contributed by atoms with van der Waals surface area (Å²) in [4.78, 5) is 11.9. The van der Waals surface area contributed by atoms with Gasteiger partial charge in [-0.05, 0) is 43.5 Å². The van der Waals surface area contributed by atoms with Gasteiger partial charge in [0.05, 0.1) is 17.1 Å². The largest absolute Gasteiger partial charge is 0.533 e. The van der Waals surface area contributed by atoms with Gasteiger partial charge in [0.1, 0.15) is 11.5 Å². The molecule has 0 heterocycles. The summed E-state index contributed by atoms with van der Waals surface area (Å²) >= 11 is 3.60. The zero-order chi connectivity index (χ0) is 21.1. The fourth-order valence-electron chi connectivity index (χ4n) is 3.70. The van der Waals surface area contributed by atoms with Crippen LogP contribution in [0.25, 0.3) is 0 Å². The highest BCUT2D eigenvalue weighted by Crippen LogP contribution is 2.41. The van der Waals surface area contributed by atoms with E-state index in [1.54, 1.807) is 13.2 Å². The van der Waals surface area contributed by atoms with E-state index in [1.807, 2.05) is 42.5 Å². The van der Waals surface area contributed by atoms with Crippen LogP contribution in [0.4, 0.5) is 0 Å². The number of rotatable bonds is 6. The van der Waals surface area contributed by atoms with Gasteiger partial charge >= 0.3 is 8.32 Å². The summed E-state index contributed by atoms with van der Waals surface area (Å²) in [6.07, 6.45) is 0.820. The summed E-state index contributed by atoms with van der Waals surface area (Å²) in [6.45, 7) is 6.62. The van der Waals surface area contributed by atoms with Gasteiger partial charge in [0, 0.05) is 0 Å². The van der Waals surface area contributed by atoms with E-state index in [0.29, 0.717) is 21.5 Å². The summed E-state index contributed by atoms with van der Waals surface area (Å²) in [5.74, 6) is 1.16. The molecular weight excluding hydrogens is 444 g/mol. The normalized spacial score (nSPS) is 11.8. The molecule has 0 aromatic heterocycles. The van der Waals surface area contributed by atoms with Gasteiger partial charge in [-0.1, -0.05) is 81.4 Å². The fraction of sp³-hybridized carbons (Fsp3) is 0.208.